The lowest BCUT2D eigenvalue weighted by atomic mass is 10.0. The summed E-state index contributed by atoms with van der Waals surface area (Å²) in [6.07, 6.45) is 97.0. The van der Waals surface area contributed by atoms with Crippen LogP contribution in [0.15, 0.2) is 85.1 Å². The maximum absolute atomic E-state index is 12.8. The van der Waals surface area contributed by atoms with Gasteiger partial charge in [-0.15, -0.1) is 0 Å². The smallest absolute Gasteiger partial charge is 0.462 e. The van der Waals surface area contributed by atoms with E-state index >= 15 is 0 Å². The molecule has 10 heteroatoms. The molecule has 0 aliphatic carbocycles. The first kappa shape index (κ1) is 84.2. The molecule has 0 saturated heterocycles. The van der Waals surface area contributed by atoms with Gasteiger partial charge < -0.3 is 20.1 Å². The molecule has 0 bridgehead atoms. The van der Waals surface area contributed by atoms with E-state index in [0.717, 1.165) is 89.9 Å². The summed E-state index contributed by atoms with van der Waals surface area (Å²) in [4.78, 5) is 35.4. The number of esters is 2. The number of hydrogen-bond acceptors (Lipinski definition) is 8. The Morgan fingerprint density at radius 1 is 0.356 bits per heavy atom. The van der Waals surface area contributed by atoms with E-state index in [-0.39, 0.29) is 38.6 Å². The third-order valence-corrected chi connectivity index (χ3v) is 17.3. The molecule has 0 aliphatic heterocycles. The molecule has 0 radical (unpaired) electrons. The molecule has 2 unspecified atom stereocenters. The Morgan fingerprint density at radius 3 is 0.943 bits per heavy atom. The van der Waals surface area contributed by atoms with Gasteiger partial charge in [0.2, 0.25) is 0 Å². The van der Waals surface area contributed by atoms with Crippen LogP contribution in [0.25, 0.3) is 0 Å². The first-order valence-corrected chi connectivity index (χ1v) is 38.6. The zero-order valence-electron chi connectivity index (χ0n) is 57.0. The van der Waals surface area contributed by atoms with Gasteiger partial charge in [-0.25, -0.2) is 4.57 Å². The Hall–Kier alpha value is -2.81. The summed E-state index contributed by atoms with van der Waals surface area (Å²) in [5.41, 5.74) is 5.41. The second-order valence-electron chi connectivity index (χ2n) is 24.8. The van der Waals surface area contributed by atoms with Crippen molar-refractivity contribution in [2.75, 3.05) is 26.4 Å². The Balaban J connectivity index is 3.85. The van der Waals surface area contributed by atoms with Gasteiger partial charge in [0.1, 0.15) is 6.61 Å². The molecule has 0 amide bonds. The van der Waals surface area contributed by atoms with Crippen molar-refractivity contribution < 1.29 is 37.6 Å². The molecule has 506 valence electrons. The molecule has 0 aliphatic rings. The number of carbonyl (C=O) groups is 2. The summed E-state index contributed by atoms with van der Waals surface area (Å²) in [5, 5.41) is 0. The van der Waals surface area contributed by atoms with E-state index in [2.05, 4.69) is 98.9 Å². The highest BCUT2D eigenvalue weighted by molar-refractivity contribution is 7.47. The van der Waals surface area contributed by atoms with Crippen LogP contribution in [0.1, 0.15) is 361 Å². The first-order chi connectivity index (χ1) is 42.8. The molecule has 9 nitrogen and oxygen atoms in total. The molecule has 0 heterocycles. The Bertz CT molecular complexity index is 1700. The molecule has 0 aromatic heterocycles. The second-order valence-corrected chi connectivity index (χ2v) is 26.2. The van der Waals surface area contributed by atoms with Gasteiger partial charge in [0.05, 0.1) is 13.2 Å². The monoisotopic (exact) mass is 1240 g/mol. The SMILES string of the molecule is CC/C=C\C/C=C\C/C=C\C/C=C\C/C=C\C/C=C\C/C=C\CCCCCCCCCCCCCC(=O)OC(COC(=O)CCCCCCCCCCCCCCCCCCCCCCCCCCCCCCCCCCC)COP(=O)(O)OCCN. The Morgan fingerprint density at radius 2 is 0.632 bits per heavy atom. The number of carbonyl (C=O) groups excluding carboxylic acids is 2. The molecule has 3 N–H and O–H groups in total. The summed E-state index contributed by atoms with van der Waals surface area (Å²) in [6.45, 7) is 3.68. The topological polar surface area (TPSA) is 134 Å². The van der Waals surface area contributed by atoms with Gasteiger partial charge in [0.25, 0.3) is 0 Å². The molecule has 0 rings (SSSR count). The third-order valence-electron chi connectivity index (χ3n) is 16.3. The van der Waals surface area contributed by atoms with Crippen molar-refractivity contribution in [1.29, 1.82) is 0 Å². The van der Waals surface area contributed by atoms with E-state index in [1.54, 1.807) is 0 Å². The van der Waals surface area contributed by atoms with Crippen LogP contribution in [0.5, 0.6) is 0 Å². The number of nitrogens with two attached hydrogens (primary N) is 1. The molecular weight excluding hydrogens is 1100 g/mol. The van der Waals surface area contributed by atoms with Crippen molar-refractivity contribution in [3.8, 4) is 0 Å². The van der Waals surface area contributed by atoms with E-state index in [0.29, 0.717) is 6.42 Å². The van der Waals surface area contributed by atoms with Crippen molar-refractivity contribution >= 4 is 19.8 Å². The summed E-state index contributed by atoms with van der Waals surface area (Å²) in [5.74, 6) is -0.818. The minimum Gasteiger partial charge on any atom is -0.462 e. The van der Waals surface area contributed by atoms with Crippen LogP contribution in [0.3, 0.4) is 0 Å². The van der Waals surface area contributed by atoms with Gasteiger partial charge in [-0.2, -0.15) is 0 Å². The zero-order chi connectivity index (χ0) is 63.0. The van der Waals surface area contributed by atoms with E-state index in [4.69, 9.17) is 24.3 Å². The van der Waals surface area contributed by atoms with Crippen LogP contribution in [0.2, 0.25) is 0 Å². The lowest BCUT2D eigenvalue weighted by molar-refractivity contribution is -0.161. The van der Waals surface area contributed by atoms with Crippen molar-refractivity contribution in [2.45, 2.75) is 367 Å². The molecular formula is C77H140NO8P. The number of hydrogen-bond donors (Lipinski definition) is 2. The maximum Gasteiger partial charge on any atom is 0.472 e. The minimum atomic E-state index is -4.40. The van der Waals surface area contributed by atoms with E-state index in [9.17, 15) is 19.0 Å². The van der Waals surface area contributed by atoms with Gasteiger partial charge in [-0.05, 0) is 70.6 Å². The normalized spacial score (nSPS) is 13.4. The highest BCUT2D eigenvalue weighted by Crippen LogP contribution is 2.43. The summed E-state index contributed by atoms with van der Waals surface area (Å²) < 4.78 is 33.2. The van der Waals surface area contributed by atoms with Gasteiger partial charge in [0.15, 0.2) is 6.10 Å². The van der Waals surface area contributed by atoms with Crippen LogP contribution in [0.4, 0.5) is 0 Å². The van der Waals surface area contributed by atoms with Gasteiger partial charge in [-0.3, -0.25) is 18.6 Å². The number of ether oxygens (including phenoxy) is 2. The van der Waals surface area contributed by atoms with Crippen molar-refractivity contribution in [2.24, 2.45) is 5.73 Å². The maximum atomic E-state index is 12.8. The van der Waals surface area contributed by atoms with Crippen LogP contribution < -0.4 is 5.73 Å². The lowest BCUT2D eigenvalue weighted by Gasteiger charge is -2.19. The molecule has 0 saturated carbocycles. The van der Waals surface area contributed by atoms with Crippen LogP contribution in [-0.4, -0.2) is 49.3 Å². The predicted molar refractivity (Wildman–Crippen MR) is 376 cm³/mol. The summed E-state index contributed by atoms with van der Waals surface area (Å²) >= 11 is 0. The number of unbranched alkanes of at least 4 members (excludes halogenated alkanes) is 43. The standard InChI is InChI=1S/C77H140NO8P/c1-3-5-7-9-11-13-15-17-19-21-23-25-27-29-31-33-35-37-39-41-43-45-47-49-51-53-55-57-59-61-63-65-67-69-76(79)83-73-75(74-85-87(81,82)84-72-71-78)86-77(80)70-68-66-64-62-60-58-56-54-52-50-48-46-44-42-40-38-36-34-32-30-28-26-24-22-20-18-16-14-12-10-8-6-4-2/h6,8,12,14,18,20,24,26,30,32,36,38,42,44,75H,3-5,7,9-11,13,15-17,19,21-23,25,27-29,31,33-35,37,39-41,43,45-74,78H2,1-2H3,(H,81,82)/b8-6-,14-12-,20-18-,26-24-,32-30-,38-36-,44-42-. The molecule has 0 fully saturated rings. The van der Waals surface area contributed by atoms with E-state index in [1.165, 1.54) is 238 Å². The van der Waals surface area contributed by atoms with Crippen molar-refractivity contribution in [1.82, 2.24) is 0 Å². The van der Waals surface area contributed by atoms with Gasteiger partial charge in [-0.1, -0.05) is 362 Å². The first-order valence-electron chi connectivity index (χ1n) is 37.1. The molecule has 2 atom stereocenters. The molecule has 0 aromatic carbocycles. The zero-order valence-corrected chi connectivity index (χ0v) is 57.9. The number of allylic oxidation sites excluding steroid dienone is 14. The number of phosphoric acid groups is 1. The Kier molecular flexibility index (Phi) is 69.9. The predicted octanol–water partition coefficient (Wildman–Crippen LogP) is 24.5. The van der Waals surface area contributed by atoms with E-state index < -0.39 is 26.5 Å². The quantitative estimate of drug-likeness (QED) is 0.0264. The van der Waals surface area contributed by atoms with Crippen LogP contribution in [0, 0.1) is 0 Å². The number of rotatable bonds is 70. The van der Waals surface area contributed by atoms with Crippen molar-refractivity contribution in [3.63, 3.8) is 0 Å². The van der Waals surface area contributed by atoms with Crippen molar-refractivity contribution in [3.05, 3.63) is 85.1 Å². The fraction of sp³-hybridized carbons (Fsp3) is 0.792. The molecule has 0 spiro atoms. The molecule has 87 heavy (non-hydrogen) atoms. The average molecular weight is 1240 g/mol. The third kappa shape index (κ3) is 72.1. The average Bonchev–Trinajstić information content (AvgIpc) is 3.64. The highest BCUT2D eigenvalue weighted by Gasteiger charge is 2.26. The fourth-order valence-corrected chi connectivity index (χ4v) is 11.6. The lowest BCUT2D eigenvalue weighted by Crippen LogP contribution is -2.29. The van der Waals surface area contributed by atoms with Crippen LogP contribution in [-0.2, 0) is 32.7 Å². The second kappa shape index (κ2) is 72.3. The Labute approximate surface area is 538 Å². The molecule has 0 aromatic rings. The van der Waals surface area contributed by atoms with Crippen LogP contribution >= 0.6 is 7.82 Å². The fourth-order valence-electron chi connectivity index (χ4n) is 10.9. The van der Waals surface area contributed by atoms with E-state index in [1.807, 2.05) is 0 Å². The summed E-state index contributed by atoms with van der Waals surface area (Å²) in [6, 6.07) is 0. The van der Waals surface area contributed by atoms with Gasteiger partial charge in [0, 0.05) is 19.4 Å². The highest BCUT2D eigenvalue weighted by atomic mass is 31.2. The minimum absolute atomic E-state index is 0.0516. The summed E-state index contributed by atoms with van der Waals surface area (Å²) in [7, 11) is -4.40. The number of phosphoric ester groups is 1. The largest absolute Gasteiger partial charge is 0.472 e. The van der Waals surface area contributed by atoms with Gasteiger partial charge >= 0.3 is 19.8 Å².